The van der Waals surface area contributed by atoms with Crippen LogP contribution in [0, 0.1) is 10.1 Å². The number of nitrogens with one attached hydrogen (secondary N) is 2. The summed E-state index contributed by atoms with van der Waals surface area (Å²) in [6.07, 6.45) is 3.68. The molecular weight excluding hydrogens is 454 g/mol. The minimum Gasteiger partial charge on any atom is -0.369 e. The largest absolute Gasteiger partial charge is 0.369 e. The molecule has 170 valence electrons. The number of amides is 1. The molecule has 32 heavy (non-hydrogen) atoms. The molecule has 2 heterocycles. The molecule has 1 aromatic carbocycles. The number of benzene rings is 1. The van der Waals surface area contributed by atoms with Gasteiger partial charge in [-0.25, -0.2) is 14.6 Å². The Labute approximate surface area is 194 Å². The number of aromatic nitrogens is 4. The lowest BCUT2D eigenvalue weighted by molar-refractivity contribution is -0.384. The quantitative estimate of drug-likeness (QED) is 0.182. The smallest absolute Gasteiger partial charge is 0.270 e. The first-order chi connectivity index (χ1) is 15.4. The van der Waals surface area contributed by atoms with Crippen LogP contribution in [0.4, 0.5) is 11.5 Å². The third-order valence-electron chi connectivity index (χ3n) is 4.47. The lowest BCUT2D eigenvalue weighted by atomic mass is 10.2. The van der Waals surface area contributed by atoms with Crippen LogP contribution in [0.1, 0.15) is 37.0 Å². The molecule has 12 heteroatoms. The van der Waals surface area contributed by atoms with Gasteiger partial charge in [-0.1, -0.05) is 37.2 Å². The summed E-state index contributed by atoms with van der Waals surface area (Å²) in [6, 6.07) is 3.76. The number of thioether (sulfide) groups is 1. The van der Waals surface area contributed by atoms with Crippen molar-refractivity contribution in [3.05, 3.63) is 45.1 Å². The van der Waals surface area contributed by atoms with Crippen LogP contribution in [0.3, 0.4) is 0 Å². The van der Waals surface area contributed by atoms with Gasteiger partial charge >= 0.3 is 0 Å². The minimum atomic E-state index is -0.568. The van der Waals surface area contributed by atoms with E-state index in [9.17, 15) is 14.9 Å². The molecule has 0 saturated heterocycles. The van der Waals surface area contributed by atoms with Crippen molar-refractivity contribution in [3.63, 3.8) is 0 Å². The zero-order valence-electron chi connectivity index (χ0n) is 17.8. The van der Waals surface area contributed by atoms with Gasteiger partial charge in [-0.3, -0.25) is 14.9 Å². The van der Waals surface area contributed by atoms with Crippen molar-refractivity contribution in [1.82, 2.24) is 25.1 Å². The number of fused-ring (bicyclic) bond motifs is 1. The van der Waals surface area contributed by atoms with E-state index in [4.69, 9.17) is 11.6 Å². The summed E-state index contributed by atoms with van der Waals surface area (Å²) in [4.78, 5) is 32.2. The molecular formula is C20H24ClN7O3S. The second-order valence-corrected chi connectivity index (χ2v) is 8.38. The van der Waals surface area contributed by atoms with Crippen LogP contribution < -0.4 is 10.6 Å². The summed E-state index contributed by atoms with van der Waals surface area (Å²) in [5, 5.41) is 23.1. The standard InChI is InChI=1S/C20H24ClN7O3S/c1-3-7-22-17-15-12-24-27(18(15)26-20(25-17)32-10-4-2)9-8-23-19(29)14-11-13(28(30)31)5-6-16(14)21/h5-6,11-12H,3-4,7-10H2,1-2H3,(H,23,29)(H,22,25,26). The predicted molar refractivity (Wildman–Crippen MR) is 126 cm³/mol. The number of nitro groups is 1. The minimum absolute atomic E-state index is 0.0535. The number of nitro benzene ring substituents is 1. The van der Waals surface area contributed by atoms with E-state index in [1.807, 2.05) is 0 Å². The number of non-ortho nitro benzene ring substituents is 1. The van der Waals surface area contributed by atoms with Gasteiger partial charge in [0.1, 0.15) is 5.82 Å². The topological polar surface area (TPSA) is 128 Å². The van der Waals surface area contributed by atoms with Crippen LogP contribution in [0.15, 0.2) is 29.6 Å². The molecule has 0 aliphatic carbocycles. The molecule has 0 bridgehead atoms. The molecule has 0 radical (unpaired) electrons. The van der Waals surface area contributed by atoms with Gasteiger partial charge in [-0.15, -0.1) is 0 Å². The number of hydrogen-bond acceptors (Lipinski definition) is 8. The normalized spacial score (nSPS) is 11.0. The van der Waals surface area contributed by atoms with Crippen molar-refractivity contribution in [3.8, 4) is 0 Å². The Balaban J connectivity index is 1.75. The van der Waals surface area contributed by atoms with E-state index in [1.165, 1.54) is 12.1 Å². The summed E-state index contributed by atoms with van der Waals surface area (Å²) in [7, 11) is 0. The van der Waals surface area contributed by atoms with Gasteiger partial charge in [0.15, 0.2) is 10.8 Å². The van der Waals surface area contributed by atoms with Crippen LogP contribution in [-0.2, 0) is 6.54 Å². The molecule has 0 aliphatic rings. The van der Waals surface area contributed by atoms with Gasteiger partial charge < -0.3 is 10.6 Å². The number of carbonyl (C=O) groups is 1. The van der Waals surface area contributed by atoms with E-state index in [0.717, 1.165) is 42.4 Å². The van der Waals surface area contributed by atoms with E-state index >= 15 is 0 Å². The zero-order valence-corrected chi connectivity index (χ0v) is 19.4. The maximum atomic E-state index is 12.5. The van der Waals surface area contributed by atoms with Crippen LogP contribution in [0.25, 0.3) is 11.0 Å². The molecule has 2 aromatic heterocycles. The number of carbonyl (C=O) groups excluding carboxylic acids is 1. The fourth-order valence-electron chi connectivity index (χ4n) is 2.91. The monoisotopic (exact) mass is 477 g/mol. The Morgan fingerprint density at radius 1 is 1.25 bits per heavy atom. The third kappa shape index (κ3) is 5.65. The lowest BCUT2D eigenvalue weighted by Gasteiger charge is -2.10. The number of anilines is 1. The second-order valence-electron chi connectivity index (χ2n) is 6.91. The first-order valence-electron chi connectivity index (χ1n) is 10.3. The Morgan fingerprint density at radius 2 is 2.06 bits per heavy atom. The molecule has 0 atom stereocenters. The molecule has 0 aliphatic heterocycles. The van der Waals surface area contributed by atoms with E-state index in [-0.39, 0.29) is 22.8 Å². The zero-order chi connectivity index (χ0) is 23.1. The summed E-state index contributed by atoms with van der Waals surface area (Å²) in [5.74, 6) is 1.16. The SMILES string of the molecule is CCCNc1nc(SCCC)nc2c1cnn2CCNC(=O)c1cc([N+](=O)[O-])ccc1Cl. The van der Waals surface area contributed by atoms with Crippen molar-refractivity contribution < 1.29 is 9.72 Å². The summed E-state index contributed by atoms with van der Waals surface area (Å²) in [5.41, 5.74) is 0.538. The second kappa shape index (κ2) is 11.1. The molecule has 0 fully saturated rings. The Morgan fingerprint density at radius 3 is 2.78 bits per heavy atom. The van der Waals surface area contributed by atoms with Gasteiger partial charge in [-0.2, -0.15) is 5.10 Å². The number of hydrogen-bond donors (Lipinski definition) is 2. The molecule has 0 unspecified atom stereocenters. The average molecular weight is 478 g/mol. The highest BCUT2D eigenvalue weighted by Gasteiger charge is 2.17. The predicted octanol–water partition coefficient (Wildman–Crippen LogP) is 4.14. The number of halogens is 1. The van der Waals surface area contributed by atoms with Crippen molar-refractivity contribution in [1.29, 1.82) is 0 Å². The molecule has 10 nitrogen and oxygen atoms in total. The van der Waals surface area contributed by atoms with Crippen molar-refractivity contribution >= 4 is 51.8 Å². The van der Waals surface area contributed by atoms with E-state index < -0.39 is 10.8 Å². The highest BCUT2D eigenvalue weighted by molar-refractivity contribution is 7.99. The number of rotatable bonds is 11. The van der Waals surface area contributed by atoms with Gasteiger partial charge in [0, 0.05) is 31.0 Å². The summed E-state index contributed by atoms with van der Waals surface area (Å²) >= 11 is 7.63. The summed E-state index contributed by atoms with van der Waals surface area (Å²) in [6.45, 7) is 5.58. The first-order valence-corrected chi connectivity index (χ1v) is 11.6. The van der Waals surface area contributed by atoms with Crippen LogP contribution in [-0.4, -0.2) is 49.4 Å². The van der Waals surface area contributed by atoms with E-state index in [2.05, 4.69) is 39.5 Å². The number of nitrogens with zero attached hydrogens (tertiary/aromatic N) is 5. The van der Waals surface area contributed by atoms with Crippen LogP contribution >= 0.6 is 23.4 Å². The van der Waals surface area contributed by atoms with Crippen LogP contribution in [0.2, 0.25) is 5.02 Å². The highest BCUT2D eigenvalue weighted by Crippen LogP contribution is 2.25. The molecule has 1 amide bonds. The Bertz CT molecular complexity index is 1120. The van der Waals surface area contributed by atoms with Crippen molar-refractivity contribution in [2.45, 2.75) is 38.4 Å². The van der Waals surface area contributed by atoms with Gasteiger partial charge in [-0.05, 0) is 18.9 Å². The Hall–Kier alpha value is -2.92. The van der Waals surface area contributed by atoms with Crippen molar-refractivity contribution in [2.24, 2.45) is 0 Å². The van der Waals surface area contributed by atoms with Crippen LogP contribution in [0.5, 0.6) is 0 Å². The highest BCUT2D eigenvalue weighted by atomic mass is 35.5. The molecule has 0 spiro atoms. The van der Waals surface area contributed by atoms with Gasteiger partial charge in [0.25, 0.3) is 11.6 Å². The average Bonchev–Trinajstić information content (AvgIpc) is 3.19. The maximum absolute atomic E-state index is 12.5. The first kappa shape index (κ1) is 23.7. The third-order valence-corrected chi connectivity index (χ3v) is 5.85. The van der Waals surface area contributed by atoms with E-state index in [0.29, 0.717) is 17.3 Å². The van der Waals surface area contributed by atoms with E-state index in [1.54, 1.807) is 22.6 Å². The lowest BCUT2D eigenvalue weighted by Crippen LogP contribution is -2.28. The van der Waals surface area contributed by atoms with Gasteiger partial charge in [0.05, 0.1) is 33.6 Å². The Kier molecular flexibility index (Phi) is 8.23. The molecule has 3 aromatic rings. The van der Waals surface area contributed by atoms with Gasteiger partial charge in [0.2, 0.25) is 0 Å². The fourth-order valence-corrected chi connectivity index (χ4v) is 3.80. The molecule has 2 N–H and O–H groups in total. The summed E-state index contributed by atoms with van der Waals surface area (Å²) < 4.78 is 1.71. The van der Waals surface area contributed by atoms with Crippen molar-refractivity contribution in [2.75, 3.05) is 24.2 Å². The maximum Gasteiger partial charge on any atom is 0.270 e. The molecule has 0 saturated carbocycles. The fraction of sp³-hybridized carbons (Fsp3) is 0.400. The molecule has 3 rings (SSSR count).